The largest absolute Gasteiger partial charge is 0.573 e. The summed E-state index contributed by atoms with van der Waals surface area (Å²) in [5, 5.41) is 3.10. The molecule has 0 saturated heterocycles. The van der Waals surface area contributed by atoms with Crippen LogP contribution in [0.2, 0.25) is 0 Å². The van der Waals surface area contributed by atoms with E-state index < -0.39 is 6.36 Å². The Morgan fingerprint density at radius 2 is 1.81 bits per heavy atom. The van der Waals surface area contributed by atoms with Crippen LogP contribution in [0.5, 0.6) is 5.75 Å². The summed E-state index contributed by atoms with van der Waals surface area (Å²) in [4.78, 5) is 0. The number of methoxy groups -OCH3 is 1. The molecule has 120 valence electrons. The van der Waals surface area contributed by atoms with Gasteiger partial charge in [0, 0.05) is 13.2 Å². The molecule has 1 unspecified atom stereocenters. The maximum atomic E-state index is 12.0. The molecule has 4 nitrogen and oxygen atoms in total. The minimum absolute atomic E-state index is 0.0799. The summed E-state index contributed by atoms with van der Waals surface area (Å²) in [5.74, 6) is -0.219. The Bertz CT molecular complexity index is 395. The van der Waals surface area contributed by atoms with Crippen LogP contribution in [0.4, 0.5) is 13.2 Å². The molecule has 0 saturated carbocycles. The van der Waals surface area contributed by atoms with Gasteiger partial charge in [-0.1, -0.05) is 12.1 Å². The van der Waals surface area contributed by atoms with Crippen molar-refractivity contribution in [2.45, 2.75) is 18.8 Å². The molecule has 0 aliphatic rings. The Hall–Kier alpha value is -1.31. The molecule has 0 aromatic heterocycles. The normalized spacial score (nSPS) is 13.2. The van der Waals surface area contributed by atoms with Crippen molar-refractivity contribution in [2.75, 3.05) is 34.0 Å². The van der Waals surface area contributed by atoms with Crippen molar-refractivity contribution in [1.29, 1.82) is 0 Å². The van der Waals surface area contributed by atoms with Crippen LogP contribution in [-0.4, -0.2) is 46.4 Å². The van der Waals surface area contributed by atoms with Gasteiger partial charge in [-0.15, -0.1) is 13.2 Å². The molecule has 0 amide bonds. The summed E-state index contributed by atoms with van der Waals surface area (Å²) < 4.78 is 50.3. The van der Waals surface area contributed by atoms with E-state index in [-0.39, 0.29) is 11.8 Å². The fourth-order valence-corrected chi connectivity index (χ4v) is 1.72. The van der Waals surface area contributed by atoms with Gasteiger partial charge in [-0.25, -0.2) is 0 Å². The highest BCUT2D eigenvalue weighted by Gasteiger charge is 2.30. The van der Waals surface area contributed by atoms with Gasteiger partial charge in [-0.2, -0.15) is 0 Å². The maximum Gasteiger partial charge on any atom is 0.573 e. The average Bonchev–Trinajstić information content (AvgIpc) is 2.42. The lowest BCUT2D eigenvalue weighted by molar-refractivity contribution is -0.274. The molecule has 7 heteroatoms. The lowest BCUT2D eigenvalue weighted by atomic mass is 10.1. The van der Waals surface area contributed by atoms with Gasteiger partial charge in [0.05, 0.1) is 19.8 Å². The van der Waals surface area contributed by atoms with Gasteiger partial charge in [-0.3, -0.25) is 0 Å². The number of hydrogen-bond acceptors (Lipinski definition) is 4. The number of alkyl halides is 3. The third kappa shape index (κ3) is 7.89. The topological polar surface area (TPSA) is 39.7 Å². The molecular formula is C14H20F3NO3. The highest BCUT2D eigenvalue weighted by atomic mass is 19.4. The highest BCUT2D eigenvalue weighted by Crippen LogP contribution is 2.23. The van der Waals surface area contributed by atoms with E-state index in [0.29, 0.717) is 26.2 Å². The van der Waals surface area contributed by atoms with Crippen molar-refractivity contribution in [2.24, 2.45) is 0 Å². The standard InChI is InChI=1S/C14H20F3NO3/c1-18-12(10-20-8-7-19-2)9-11-3-5-13(6-4-11)21-14(15,16)17/h3-6,12,18H,7-10H2,1-2H3. The van der Waals surface area contributed by atoms with Gasteiger partial charge in [0.25, 0.3) is 0 Å². The monoisotopic (exact) mass is 307 g/mol. The van der Waals surface area contributed by atoms with Crippen molar-refractivity contribution < 1.29 is 27.4 Å². The van der Waals surface area contributed by atoms with Gasteiger partial charge in [0.15, 0.2) is 0 Å². The lowest BCUT2D eigenvalue weighted by Crippen LogP contribution is -2.33. The Balaban J connectivity index is 2.45. The van der Waals surface area contributed by atoms with Crippen LogP contribution in [0, 0.1) is 0 Å². The second-order valence-electron chi connectivity index (χ2n) is 4.45. The fraction of sp³-hybridized carbons (Fsp3) is 0.571. The van der Waals surface area contributed by atoms with Crippen LogP contribution in [0.15, 0.2) is 24.3 Å². The SMILES string of the molecule is CNC(COCCOC)Cc1ccc(OC(F)(F)F)cc1. The van der Waals surface area contributed by atoms with E-state index in [4.69, 9.17) is 9.47 Å². The second-order valence-corrected chi connectivity index (χ2v) is 4.45. The van der Waals surface area contributed by atoms with Crippen LogP contribution in [0.3, 0.4) is 0 Å². The van der Waals surface area contributed by atoms with Crippen molar-refractivity contribution in [3.63, 3.8) is 0 Å². The zero-order valence-electron chi connectivity index (χ0n) is 12.1. The van der Waals surface area contributed by atoms with Crippen molar-refractivity contribution in [3.8, 4) is 5.75 Å². The van der Waals surface area contributed by atoms with Crippen LogP contribution in [0.25, 0.3) is 0 Å². The average molecular weight is 307 g/mol. The van der Waals surface area contributed by atoms with Crippen molar-refractivity contribution >= 4 is 0 Å². The van der Waals surface area contributed by atoms with Gasteiger partial charge in [-0.05, 0) is 31.2 Å². The molecule has 0 aliphatic heterocycles. The molecule has 1 aromatic rings. The highest BCUT2D eigenvalue weighted by molar-refractivity contribution is 5.28. The van der Waals surface area contributed by atoms with E-state index in [2.05, 4.69) is 10.1 Å². The van der Waals surface area contributed by atoms with E-state index in [0.717, 1.165) is 5.56 Å². The molecule has 0 bridgehead atoms. The van der Waals surface area contributed by atoms with E-state index in [1.165, 1.54) is 12.1 Å². The quantitative estimate of drug-likeness (QED) is 0.711. The van der Waals surface area contributed by atoms with Gasteiger partial charge >= 0.3 is 6.36 Å². The molecule has 1 atom stereocenters. The molecular weight excluding hydrogens is 287 g/mol. The minimum Gasteiger partial charge on any atom is -0.406 e. The second kappa shape index (κ2) is 8.86. The van der Waals surface area contributed by atoms with Crippen molar-refractivity contribution in [3.05, 3.63) is 29.8 Å². The number of rotatable bonds is 9. The number of likely N-dealkylation sites (N-methyl/N-ethyl adjacent to an activating group) is 1. The summed E-state index contributed by atoms with van der Waals surface area (Å²) in [6.07, 6.45) is -4.01. The van der Waals surface area contributed by atoms with Crippen LogP contribution < -0.4 is 10.1 Å². The molecule has 0 radical (unpaired) electrons. The zero-order chi connectivity index (χ0) is 15.7. The Kier molecular flexibility index (Phi) is 7.49. The van der Waals surface area contributed by atoms with Crippen LogP contribution in [-0.2, 0) is 15.9 Å². The first-order valence-corrected chi connectivity index (χ1v) is 6.53. The third-order valence-electron chi connectivity index (χ3n) is 2.80. The van der Waals surface area contributed by atoms with E-state index in [1.54, 1.807) is 19.2 Å². The minimum atomic E-state index is -4.66. The molecule has 0 spiro atoms. The Morgan fingerprint density at radius 1 is 1.14 bits per heavy atom. The van der Waals surface area contributed by atoms with E-state index in [9.17, 15) is 13.2 Å². The number of hydrogen-bond donors (Lipinski definition) is 1. The van der Waals surface area contributed by atoms with Crippen molar-refractivity contribution in [1.82, 2.24) is 5.32 Å². The van der Waals surface area contributed by atoms with Crippen LogP contribution in [0.1, 0.15) is 5.56 Å². The number of ether oxygens (including phenoxy) is 3. The Labute approximate surface area is 122 Å². The molecule has 0 aliphatic carbocycles. The molecule has 21 heavy (non-hydrogen) atoms. The summed E-state index contributed by atoms with van der Waals surface area (Å²) in [6.45, 7) is 1.54. The first-order valence-electron chi connectivity index (χ1n) is 6.53. The third-order valence-corrected chi connectivity index (χ3v) is 2.80. The summed E-state index contributed by atoms with van der Waals surface area (Å²) >= 11 is 0. The summed E-state index contributed by atoms with van der Waals surface area (Å²) in [6, 6.07) is 5.92. The summed E-state index contributed by atoms with van der Waals surface area (Å²) in [7, 11) is 3.41. The van der Waals surface area contributed by atoms with E-state index in [1.807, 2.05) is 7.05 Å². The predicted molar refractivity (Wildman–Crippen MR) is 72.4 cm³/mol. The first kappa shape index (κ1) is 17.7. The van der Waals surface area contributed by atoms with Gasteiger partial charge < -0.3 is 19.5 Å². The molecule has 1 aromatic carbocycles. The smallest absolute Gasteiger partial charge is 0.406 e. The number of halogens is 3. The molecule has 0 heterocycles. The number of benzene rings is 1. The fourth-order valence-electron chi connectivity index (χ4n) is 1.72. The zero-order valence-corrected chi connectivity index (χ0v) is 12.1. The predicted octanol–water partition coefficient (Wildman–Crippen LogP) is 2.38. The maximum absolute atomic E-state index is 12.0. The van der Waals surface area contributed by atoms with E-state index >= 15 is 0 Å². The lowest BCUT2D eigenvalue weighted by Gasteiger charge is -2.17. The number of nitrogens with one attached hydrogen (secondary N) is 1. The van der Waals surface area contributed by atoms with Gasteiger partial charge in [0.1, 0.15) is 5.75 Å². The summed E-state index contributed by atoms with van der Waals surface area (Å²) in [5.41, 5.74) is 0.902. The van der Waals surface area contributed by atoms with Gasteiger partial charge in [0.2, 0.25) is 0 Å². The first-order chi connectivity index (χ1) is 9.94. The molecule has 1 rings (SSSR count). The van der Waals surface area contributed by atoms with Crippen LogP contribution >= 0.6 is 0 Å². The Morgan fingerprint density at radius 3 is 2.33 bits per heavy atom. The molecule has 1 N–H and O–H groups in total. The molecule has 0 fully saturated rings.